The minimum Gasteiger partial charge on any atom is -0.345 e. The van der Waals surface area contributed by atoms with Gasteiger partial charge in [0, 0.05) is 10.5 Å². The van der Waals surface area contributed by atoms with Crippen molar-refractivity contribution >= 4 is 23.2 Å². The second kappa shape index (κ2) is 5.70. The summed E-state index contributed by atoms with van der Waals surface area (Å²) in [5.41, 5.74) is 1.52. The number of fused-ring (bicyclic) bond motifs is 3. The Morgan fingerprint density at radius 3 is 2.33 bits per heavy atom. The van der Waals surface area contributed by atoms with Gasteiger partial charge in [0.05, 0.1) is 35.0 Å². The first-order chi connectivity index (χ1) is 11.8. The summed E-state index contributed by atoms with van der Waals surface area (Å²) >= 11 is 1.58. The average Bonchev–Trinajstić information content (AvgIpc) is 3.15. The zero-order valence-corrected chi connectivity index (χ0v) is 13.5. The van der Waals surface area contributed by atoms with Crippen molar-refractivity contribution in [1.82, 2.24) is 0 Å². The predicted molar refractivity (Wildman–Crippen MR) is 91.3 cm³/mol. The maximum absolute atomic E-state index is 13.1. The van der Waals surface area contributed by atoms with Crippen LogP contribution >= 0.6 is 11.8 Å². The number of para-hydroxylation sites is 1. The molecule has 116 valence electrons. The molecule has 0 bridgehead atoms. The number of nitrogens with zero attached hydrogens (tertiary/aromatic N) is 3. The monoisotopic (exact) mass is 331 g/mol. The number of anilines is 1. The molecule has 0 amide bonds. The standard InChI is InChI=1S/C19H13N3OS/c20-10-13-14(11-21)19-22(15-8-4-5-9-16(15)24-19)17(13)18(23)12-6-2-1-3-7-12/h1-9,13-14,17,19H/t13-,14+,17+,19-/m0/s1. The fourth-order valence-electron chi connectivity index (χ4n) is 3.55. The van der Waals surface area contributed by atoms with E-state index in [1.807, 2.05) is 47.4 Å². The molecule has 2 aliphatic heterocycles. The van der Waals surface area contributed by atoms with Gasteiger partial charge >= 0.3 is 0 Å². The van der Waals surface area contributed by atoms with Crippen molar-refractivity contribution in [2.75, 3.05) is 4.90 Å². The van der Waals surface area contributed by atoms with E-state index in [1.54, 1.807) is 23.9 Å². The summed E-state index contributed by atoms with van der Waals surface area (Å²) in [6.45, 7) is 0. The number of ketones is 1. The summed E-state index contributed by atoms with van der Waals surface area (Å²) in [6, 6.07) is 20.7. The molecule has 2 heterocycles. The van der Waals surface area contributed by atoms with Gasteiger partial charge in [0.25, 0.3) is 0 Å². The van der Waals surface area contributed by atoms with Crippen molar-refractivity contribution in [3.63, 3.8) is 0 Å². The molecular formula is C19H13N3OS. The molecular weight excluding hydrogens is 318 g/mol. The van der Waals surface area contributed by atoms with Crippen LogP contribution in [0.1, 0.15) is 10.4 Å². The summed E-state index contributed by atoms with van der Waals surface area (Å²) in [5, 5.41) is 19.1. The van der Waals surface area contributed by atoms with E-state index in [9.17, 15) is 15.3 Å². The third kappa shape index (κ3) is 2.02. The number of carbonyl (C=O) groups excluding carboxylic acids is 1. The molecule has 24 heavy (non-hydrogen) atoms. The first-order valence-corrected chi connectivity index (χ1v) is 8.56. The molecule has 0 radical (unpaired) electrons. The number of carbonyl (C=O) groups is 1. The van der Waals surface area contributed by atoms with Crippen LogP contribution in [0.25, 0.3) is 0 Å². The van der Waals surface area contributed by atoms with Gasteiger partial charge in [-0.25, -0.2) is 0 Å². The highest BCUT2D eigenvalue weighted by Crippen LogP contribution is 2.54. The minimum absolute atomic E-state index is 0.0952. The molecule has 0 aliphatic carbocycles. The Hall–Kier alpha value is -2.76. The van der Waals surface area contributed by atoms with Crippen molar-refractivity contribution < 1.29 is 4.79 Å². The van der Waals surface area contributed by atoms with Gasteiger partial charge in [-0.15, -0.1) is 0 Å². The largest absolute Gasteiger partial charge is 0.345 e. The number of hydrogen-bond acceptors (Lipinski definition) is 5. The van der Waals surface area contributed by atoms with Crippen LogP contribution in [0.5, 0.6) is 0 Å². The van der Waals surface area contributed by atoms with E-state index in [2.05, 4.69) is 12.1 Å². The Balaban J connectivity index is 1.83. The maximum Gasteiger partial charge on any atom is 0.186 e. The Morgan fingerprint density at radius 2 is 1.62 bits per heavy atom. The molecule has 1 saturated heterocycles. The number of rotatable bonds is 2. The van der Waals surface area contributed by atoms with Gasteiger partial charge in [-0.2, -0.15) is 10.5 Å². The van der Waals surface area contributed by atoms with Crippen LogP contribution in [0.3, 0.4) is 0 Å². The van der Waals surface area contributed by atoms with E-state index in [-0.39, 0.29) is 11.2 Å². The highest BCUT2D eigenvalue weighted by molar-refractivity contribution is 8.00. The van der Waals surface area contributed by atoms with Crippen molar-refractivity contribution in [1.29, 1.82) is 10.5 Å². The summed E-state index contributed by atoms with van der Waals surface area (Å²) < 4.78 is 0. The molecule has 2 aromatic carbocycles. The van der Waals surface area contributed by atoms with Gasteiger partial charge < -0.3 is 4.90 Å². The van der Waals surface area contributed by atoms with Gasteiger partial charge in [0.15, 0.2) is 5.78 Å². The third-order valence-corrected chi connectivity index (χ3v) is 5.99. The van der Waals surface area contributed by atoms with Crippen LogP contribution in [0.2, 0.25) is 0 Å². The van der Waals surface area contributed by atoms with E-state index in [0.717, 1.165) is 10.6 Å². The molecule has 4 rings (SSSR count). The molecule has 0 aromatic heterocycles. The van der Waals surface area contributed by atoms with Gasteiger partial charge in [0.1, 0.15) is 6.04 Å². The minimum atomic E-state index is -0.631. The van der Waals surface area contributed by atoms with Gasteiger partial charge in [-0.1, -0.05) is 54.2 Å². The van der Waals surface area contributed by atoms with Crippen molar-refractivity contribution in [3.8, 4) is 12.1 Å². The first-order valence-electron chi connectivity index (χ1n) is 7.69. The van der Waals surface area contributed by atoms with Crippen LogP contribution in [0, 0.1) is 34.5 Å². The number of hydrogen-bond donors (Lipinski definition) is 0. The smallest absolute Gasteiger partial charge is 0.186 e. The number of thioether (sulfide) groups is 1. The average molecular weight is 331 g/mol. The van der Waals surface area contributed by atoms with Crippen LogP contribution in [-0.4, -0.2) is 17.2 Å². The summed E-state index contributed by atoms with van der Waals surface area (Å²) in [4.78, 5) is 16.2. The lowest BCUT2D eigenvalue weighted by atomic mass is 9.88. The highest BCUT2D eigenvalue weighted by Gasteiger charge is 2.56. The zero-order chi connectivity index (χ0) is 16.7. The second-order valence-corrected chi connectivity index (χ2v) is 7.03. The molecule has 4 nitrogen and oxygen atoms in total. The van der Waals surface area contributed by atoms with Crippen LogP contribution in [-0.2, 0) is 0 Å². The Labute approximate surface area is 144 Å². The lowest BCUT2D eigenvalue weighted by Crippen LogP contribution is -2.40. The highest BCUT2D eigenvalue weighted by atomic mass is 32.2. The number of Topliss-reactive ketones (excluding diaryl/α,β-unsaturated/α-hetero) is 1. The molecule has 0 saturated carbocycles. The lowest BCUT2D eigenvalue weighted by molar-refractivity contribution is 0.0949. The molecule has 0 N–H and O–H groups in total. The Morgan fingerprint density at radius 1 is 0.958 bits per heavy atom. The Kier molecular flexibility index (Phi) is 3.52. The SMILES string of the molecule is N#C[C@@H]1[C@H](C#N)[C@H](C(=O)c2ccccc2)N2c3ccccc3S[C@@H]12. The van der Waals surface area contributed by atoms with Gasteiger partial charge in [0.2, 0.25) is 0 Å². The maximum atomic E-state index is 13.1. The topological polar surface area (TPSA) is 67.9 Å². The molecule has 1 fully saturated rings. The first kappa shape index (κ1) is 14.8. The molecule has 2 aromatic rings. The van der Waals surface area contributed by atoms with Crippen LogP contribution < -0.4 is 4.90 Å². The lowest BCUT2D eigenvalue weighted by Gasteiger charge is -2.26. The molecule has 2 aliphatic rings. The van der Waals surface area contributed by atoms with E-state index in [4.69, 9.17) is 0 Å². The summed E-state index contributed by atoms with van der Waals surface area (Å²) in [6.07, 6.45) is 0. The van der Waals surface area contributed by atoms with Gasteiger partial charge in [-0.3, -0.25) is 4.79 Å². The van der Waals surface area contributed by atoms with Gasteiger partial charge in [-0.05, 0) is 12.1 Å². The quantitative estimate of drug-likeness (QED) is 0.788. The molecule has 5 heteroatoms. The summed E-state index contributed by atoms with van der Waals surface area (Å²) in [5.74, 6) is -1.22. The van der Waals surface area contributed by atoms with E-state index in [1.165, 1.54) is 0 Å². The van der Waals surface area contributed by atoms with Crippen molar-refractivity contribution in [2.24, 2.45) is 11.8 Å². The van der Waals surface area contributed by atoms with Crippen molar-refractivity contribution in [3.05, 3.63) is 60.2 Å². The van der Waals surface area contributed by atoms with E-state index in [0.29, 0.717) is 5.56 Å². The van der Waals surface area contributed by atoms with E-state index < -0.39 is 17.9 Å². The predicted octanol–water partition coefficient (Wildman–Crippen LogP) is 3.47. The van der Waals surface area contributed by atoms with Crippen LogP contribution in [0.4, 0.5) is 5.69 Å². The summed E-state index contributed by atoms with van der Waals surface area (Å²) in [7, 11) is 0. The third-order valence-electron chi connectivity index (χ3n) is 4.62. The van der Waals surface area contributed by atoms with Crippen molar-refractivity contribution in [2.45, 2.75) is 16.3 Å². The molecule has 4 atom stereocenters. The number of nitriles is 2. The molecule has 0 unspecified atom stereocenters. The normalized spacial score (nSPS) is 27.0. The molecule has 0 spiro atoms. The zero-order valence-electron chi connectivity index (χ0n) is 12.7. The van der Waals surface area contributed by atoms with Crippen LogP contribution in [0.15, 0.2) is 59.5 Å². The Bertz CT molecular complexity index is 883. The number of benzene rings is 2. The fraction of sp³-hybridized carbons (Fsp3) is 0.211. The second-order valence-electron chi connectivity index (χ2n) is 5.87. The van der Waals surface area contributed by atoms with E-state index >= 15 is 0 Å². The fourth-order valence-corrected chi connectivity index (χ4v) is 5.00.